The first kappa shape index (κ1) is 25.4. The Labute approximate surface area is 204 Å². The molecular weight excluding hydrogens is 537 g/mol. The number of imide groups is 1. The summed E-state index contributed by atoms with van der Waals surface area (Å²) < 4.78 is 24.5. The second kappa shape index (κ2) is 14.1. The molecular formula is C25H29INO6+. The molecule has 176 valence electrons. The molecule has 0 unspecified atom stereocenters. The topological polar surface area (TPSA) is 74.3 Å². The molecule has 0 saturated carbocycles. The standard InChI is InChI=1S/C25H29INO6/c1-30-23-8-6-22(7-9-23)26-21-4-2-20(3-5-21)12-14-31-16-18-33-19-17-32-15-13-27-24(28)10-11-25(27)29/h2-11H,12-19H2,1H3/q+1. The largest absolute Gasteiger partial charge is 0.497 e. The van der Waals surface area contributed by atoms with E-state index in [0.717, 1.165) is 17.1 Å². The van der Waals surface area contributed by atoms with E-state index in [0.29, 0.717) is 39.6 Å². The Morgan fingerprint density at radius 3 is 1.79 bits per heavy atom. The summed E-state index contributed by atoms with van der Waals surface area (Å²) in [6, 6.07) is 17.1. The van der Waals surface area contributed by atoms with Crippen LogP contribution in [0.4, 0.5) is 0 Å². The number of ether oxygens (including phenoxy) is 4. The summed E-state index contributed by atoms with van der Waals surface area (Å²) in [4.78, 5) is 23.9. The number of hydrogen-bond donors (Lipinski definition) is 0. The van der Waals surface area contributed by atoms with E-state index in [1.54, 1.807) is 7.11 Å². The molecule has 8 heteroatoms. The molecule has 1 heterocycles. The maximum Gasteiger partial charge on any atom is 0.357 e. The van der Waals surface area contributed by atoms with Crippen LogP contribution in [0.25, 0.3) is 0 Å². The number of benzene rings is 2. The number of hydrogen-bond acceptors (Lipinski definition) is 6. The van der Waals surface area contributed by atoms with Gasteiger partial charge in [-0.3, -0.25) is 14.5 Å². The quantitative estimate of drug-likeness (QED) is 0.162. The first-order valence-electron chi connectivity index (χ1n) is 10.8. The normalized spacial score (nSPS) is 13.2. The summed E-state index contributed by atoms with van der Waals surface area (Å²) >= 11 is -0.188. The van der Waals surface area contributed by atoms with E-state index in [-0.39, 0.29) is 39.6 Å². The first-order chi connectivity index (χ1) is 16.2. The fourth-order valence-electron chi connectivity index (χ4n) is 3.01. The summed E-state index contributed by atoms with van der Waals surface area (Å²) in [7, 11) is 1.68. The Hall–Kier alpha value is -2.27. The van der Waals surface area contributed by atoms with Gasteiger partial charge >= 0.3 is 21.2 Å². The molecule has 0 atom stereocenters. The summed E-state index contributed by atoms with van der Waals surface area (Å²) in [5.41, 5.74) is 1.26. The molecule has 0 fully saturated rings. The zero-order valence-corrected chi connectivity index (χ0v) is 20.9. The van der Waals surface area contributed by atoms with Gasteiger partial charge in [0, 0.05) is 12.2 Å². The van der Waals surface area contributed by atoms with E-state index >= 15 is 0 Å². The molecule has 0 bridgehead atoms. The molecule has 2 amide bonds. The molecule has 0 aromatic heterocycles. The van der Waals surface area contributed by atoms with Crippen molar-refractivity contribution in [2.45, 2.75) is 6.42 Å². The molecule has 1 aliphatic heterocycles. The number of amides is 2. The van der Waals surface area contributed by atoms with Crippen LogP contribution in [0.5, 0.6) is 5.75 Å². The minimum atomic E-state index is -0.289. The Bertz CT molecular complexity index is 895. The molecule has 2 aromatic rings. The van der Waals surface area contributed by atoms with E-state index in [9.17, 15) is 9.59 Å². The highest BCUT2D eigenvalue weighted by molar-refractivity contribution is 6.12. The number of rotatable bonds is 15. The SMILES string of the molecule is COc1ccc([I+]c2ccc(CCOCCOCCOCCN3C(=O)C=CC3=O)cc2)cc1. The number of nitrogens with zero attached hydrogens (tertiary/aromatic N) is 1. The van der Waals surface area contributed by atoms with Crippen LogP contribution in [0, 0.1) is 7.14 Å². The monoisotopic (exact) mass is 566 g/mol. The van der Waals surface area contributed by atoms with Gasteiger partial charge in [-0.25, -0.2) is 0 Å². The smallest absolute Gasteiger partial charge is 0.357 e. The van der Waals surface area contributed by atoms with Crippen LogP contribution in [0.3, 0.4) is 0 Å². The number of methoxy groups -OCH3 is 1. The molecule has 2 aromatic carbocycles. The van der Waals surface area contributed by atoms with E-state index < -0.39 is 0 Å². The summed E-state index contributed by atoms with van der Waals surface area (Å²) in [5.74, 6) is 0.311. The van der Waals surface area contributed by atoms with Crippen molar-refractivity contribution in [3.05, 3.63) is 73.4 Å². The average molecular weight is 566 g/mol. The first-order valence-corrected chi connectivity index (χ1v) is 13.0. The van der Waals surface area contributed by atoms with Crippen molar-refractivity contribution in [2.24, 2.45) is 0 Å². The third-order valence-corrected chi connectivity index (χ3v) is 7.50. The highest BCUT2D eigenvalue weighted by Gasteiger charge is 2.22. The van der Waals surface area contributed by atoms with Gasteiger partial charge in [0.15, 0.2) is 7.14 Å². The van der Waals surface area contributed by atoms with Gasteiger partial charge < -0.3 is 18.9 Å². The molecule has 1 aliphatic rings. The van der Waals surface area contributed by atoms with Crippen molar-refractivity contribution in [1.82, 2.24) is 4.90 Å². The van der Waals surface area contributed by atoms with Crippen molar-refractivity contribution in [3.8, 4) is 5.75 Å². The fraction of sp³-hybridized carbons (Fsp3) is 0.360. The van der Waals surface area contributed by atoms with Crippen LogP contribution in [0.2, 0.25) is 0 Å². The van der Waals surface area contributed by atoms with Crippen molar-refractivity contribution < 1.29 is 49.7 Å². The van der Waals surface area contributed by atoms with Crippen LogP contribution in [0.15, 0.2) is 60.7 Å². The van der Waals surface area contributed by atoms with E-state index in [2.05, 4.69) is 36.4 Å². The lowest BCUT2D eigenvalue weighted by Gasteiger charge is -2.13. The predicted octanol–water partition coefficient (Wildman–Crippen LogP) is -0.659. The third-order valence-electron chi connectivity index (χ3n) is 4.82. The van der Waals surface area contributed by atoms with Crippen LogP contribution in [-0.4, -0.2) is 70.0 Å². The molecule has 0 saturated heterocycles. The van der Waals surface area contributed by atoms with Gasteiger partial charge in [0.2, 0.25) is 0 Å². The van der Waals surface area contributed by atoms with Crippen molar-refractivity contribution in [1.29, 1.82) is 0 Å². The molecule has 33 heavy (non-hydrogen) atoms. The zero-order valence-electron chi connectivity index (χ0n) is 18.7. The lowest BCUT2D eigenvalue weighted by Crippen LogP contribution is -3.61. The highest BCUT2D eigenvalue weighted by atomic mass is 127. The Balaban J connectivity index is 1.17. The Kier molecular flexibility index (Phi) is 10.8. The maximum absolute atomic E-state index is 11.4. The van der Waals surface area contributed by atoms with Gasteiger partial charge in [0.25, 0.3) is 11.8 Å². The third kappa shape index (κ3) is 8.88. The molecule has 3 rings (SSSR count). The zero-order chi connectivity index (χ0) is 23.3. The van der Waals surface area contributed by atoms with Crippen molar-refractivity contribution in [2.75, 3.05) is 53.3 Å². The van der Waals surface area contributed by atoms with E-state index in [1.165, 1.54) is 24.9 Å². The van der Waals surface area contributed by atoms with Crippen LogP contribution < -0.4 is 25.9 Å². The van der Waals surface area contributed by atoms with Crippen LogP contribution in [0.1, 0.15) is 5.56 Å². The van der Waals surface area contributed by atoms with Gasteiger partial charge in [0.1, 0.15) is 5.75 Å². The van der Waals surface area contributed by atoms with Gasteiger partial charge in [-0.05, 0) is 48.4 Å². The number of halogens is 1. The van der Waals surface area contributed by atoms with E-state index in [1.807, 2.05) is 12.1 Å². The van der Waals surface area contributed by atoms with Gasteiger partial charge in [-0.15, -0.1) is 0 Å². The van der Waals surface area contributed by atoms with Gasteiger partial charge in [0.05, 0.1) is 53.3 Å². The van der Waals surface area contributed by atoms with Crippen LogP contribution in [-0.2, 0) is 30.2 Å². The summed E-state index contributed by atoms with van der Waals surface area (Å²) in [5, 5.41) is 0. The Morgan fingerprint density at radius 1 is 0.697 bits per heavy atom. The molecule has 7 nitrogen and oxygen atoms in total. The molecule has 0 spiro atoms. The second-order valence-corrected chi connectivity index (χ2v) is 10.2. The van der Waals surface area contributed by atoms with Gasteiger partial charge in [-0.2, -0.15) is 0 Å². The molecule has 0 aliphatic carbocycles. The molecule has 0 radical (unpaired) electrons. The second-order valence-electron chi connectivity index (χ2n) is 7.13. The highest BCUT2D eigenvalue weighted by Crippen LogP contribution is 2.06. The fourth-order valence-corrected chi connectivity index (χ4v) is 5.17. The molecule has 0 N–H and O–H groups in total. The lowest BCUT2D eigenvalue weighted by atomic mass is 10.2. The minimum Gasteiger partial charge on any atom is -0.497 e. The van der Waals surface area contributed by atoms with Crippen LogP contribution >= 0.6 is 0 Å². The lowest BCUT2D eigenvalue weighted by molar-refractivity contribution is -0.597. The van der Waals surface area contributed by atoms with E-state index in [4.69, 9.17) is 18.9 Å². The number of carbonyl (C=O) groups excluding carboxylic acids is 2. The van der Waals surface area contributed by atoms with Crippen molar-refractivity contribution in [3.63, 3.8) is 0 Å². The summed E-state index contributed by atoms with van der Waals surface area (Å²) in [6.45, 7) is 3.11. The predicted molar refractivity (Wildman–Crippen MR) is 119 cm³/mol. The average Bonchev–Trinajstić information content (AvgIpc) is 3.16. The number of carbonyl (C=O) groups is 2. The maximum atomic E-state index is 11.4. The van der Waals surface area contributed by atoms with Gasteiger partial charge in [-0.1, -0.05) is 12.1 Å². The summed E-state index contributed by atoms with van der Waals surface area (Å²) in [6.07, 6.45) is 3.41. The van der Waals surface area contributed by atoms with Crippen molar-refractivity contribution >= 4 is 11.8 Å². The Morgan fingerprint density at radius 2 is 1.21 bits per heavy atom. The minimum absolute atomic E-state index is 0.188.